The second-order valence-corrected chi connectivity index (χ2v) is 4.73. The summed E-state index contributed by atoms with van der Waals surface area (Å²) in [6, 6.07) is 0. The van der Waals surface area contributed by atoms with E-state index >= 15 is 0 Å². The van der Waals surface area contributed by atoms with E-state index in [4.69, 9.17) is 0 Å². The summed E-state index contributed by atoms with van der Waals surface area (Å²) in [7, 11) is 1.78. The lowest BCUT2D eigenvalue weighted by Crippen LogP contribution is -2.34. The number of carbonyl (C=O) groups is 1. The molecule has 1 amide bonds. The summed E-state index contributed by atoms with van der Waals surface area (Å²) in [4.78, 5) is 22.5. The van der Waals surface area contributed by atoms with Gasteiger partial charge >= 0.3 is 0 Å². The quantitative estimate of drug-likeness (QED) is 0.833. The fourth-order valence-corrected chi connectivity index (χ4v) is 1.89. The van der Waals surface area contributed by atoms with Crippen molar-refractivity contribution < 1.29 is 4.79 Å². The molecular formula is C13H20N4O. The Bertz CT molecular complexity index is 400. The van der Waals surface area contributed by atoms with Crippen molar-refractivity contribution in [2.75, 3.05) is 25.5 Å². The molecule has 5 nitrogen and oxygen atoms in total. The zero-order valence-electron chi connectivity index (χ0n) is 11.0. The summed E-state index contributed by atoms with van der Waals surface area (Å²) < 4.78 is 0. The van der Waals surface area contributed by atoms with E-state index in [1.807, 2.05) is 4.90 Å². The first-order valence-corrected chi connectivity index (χ1v) is 6.53. The van der Waals surface area contributed by atoms with Gasteiger partial charge in [-0.3, -0.25) is 4.79 Å². The Morgan fingerprint density at radius 1 is 1.44 bits per heavy atom. The molecule has 98 valence electrons. The van der Waals surface area contributed by atoms with Gasteiger partial charge in [0.05, 0.1) is 12.4 Å². The highest BCUT2D eigenvalue weighted by Gasteiger charge is 2.27. The molecule has 0 unspecified atom stereocenters. The molecule has 1 aliphatic carbocycles. The van der Waals surface area contributed by atoms with Gasteiger partial charge in [0, 0.05) is 20.1 Å². The third-order valence-electron chi connectivity index (χ3n) is 3.08. The summed E-state index contributed by atoms with van der Waals surface area (Å²) in [6.07, 6.45) is 6.61. The van der Waals surface area contributed by atoms with E-state index in [-0.39, 0.29) is 5.91 Å². The molecule has 2 rings (SSSR count). The Labute approximate surface area is 108 Å². The van der Waals surface area contributed by atoms with Gasteiger partial charge < -0.3 is 10.2 Å². The third-order valence-corrected chi connectivity index (χ3v) is 3.08. The van der Waals surface area contributed by atoms with Crippen LogP contribution < -0.4 is 5.32 Å². The maximum absolute atomic E-state index is 12.3. The molecule has 1 aromatic heterocycles. The maximum Gasteiger partial charge on any atom is 0.274 e. The molecule has 0 radical (unpaired) electrons. The largest absolute Gasteiger partial charge is 0.372 e. The molecule has 0 spiro atoms. The number of nitrogens with zero attached hydrogens (tertiary/aromatic N) is 3. The number of aromatic nitrogens is 2. The molecule has 0 aliphatic heterocycles. The molecule has 1 N–H and O–H groups in total. The predicted octanol–water partition coefficient (Wildman–Crippen LogP) is 1.78. The number of amides is 1. The second-order valence-electron chi connectivity index (χ2n) is 4.73. The minimum atomic E-state index is -0.00102. The molecule has 1 aromatic rings. The molecule has 0 saturated heterocycles. The van der Waals surface area contributed by atoms with Crippen LogP contribution in [-0.2, 0) is 0 Å². The molecule has 0 atom stereocenters. The van der Waals surface area contributed by atoms with Crippen molar-refractivity contribution in [2.45, 2.75) is 26.2 Å². The molecule has 1 fully saturated rings. The molecular weight excluding hydrogens is 228 g/mol. The van der Waals surface area contributed by atoms with Gasteiger partial charge in [0.1, 0.15) is 11.5 Å². The second kappa shape index (κ2) is 5.80. The predicted molar refractivity (Wildman–Crippen MR) is 70.5 cm³/mol. The first kappa shape index (κ1) is 12.8. The van der Waals surface area contributed by atoms with E-state index in [9.17, 15) is 4.79 Å². The number of hydrogen-bond acceptors (Lipinski definition) is 4. The first-order valence-electron chi connectivity index (χ1n) is 6.53. The van der Waals surface area contributed by atoms with Crippen LogP contribution in [0.15, 0.2) is 12.4 Å². The molecule has 1 heterocycles. The number of hydrogen-bond donors (Lipinski definition) is 1. The van der Waals surface area contributed by atoms with Crippen molar-refractivity contribution in [3.8, 4) is 0 Å². The zero-order valence-corrected chi connectivity index (χ0v) is 11.0. The van der Waals surface area contributed by atoms with E-state index in [1.54, 1.807) is 19.4 Å². The monoisotopic (exact) mass is 248 g/mol. The van der Waals surface area contributed by atoms with Crippen LogP contribution >= 0.6 is 0 Å². The summed E-state index contributed by atoms with van der Waals surface area (Å²) in [5.41, 5.74) is 0.433. The van der Waals surface area contributed by atoms with E-state index < -0.39 is 0 Å². The van der Waals surface area contributed by atoms with Crippen molar-refractivity contribution in [3.63, 3.8) is 0 Å². The number of rotatable bonds is 6. The van der Waals surface area contributed by atoms with Crippen LogP contribution in [0.3, 0.4) is 0 Å². The van der Waals surface area contributed by atoms with Gasteiger partial charge in [-0.1, -0.05) is 6.92 Å². The zero-order chi connectivity index (χ0) is 13.0. The first-order chi connectivity index (χ1) is 8.74. The lowest BCUT2D eigenvalue weighted by atomic mass is 10.3. The highest BCUT2D eigenvalue weighted by atomic mass is 16.2. The number of nitrogens with one attached hydrogen (secondary N) is 1. The van der Waals surface area contributed by atoms with Gasteiger partial charge in [-0.05, 0) is 25.2 Å². The smallest absolute Gasteiger partial charge is 0.274 e. The van der Waals surface area contributed by atoms with E-state index in [1.165, 1.54) is 12.8 Å². The van der Waals surface area contributed by atoms with Crippen LogP contribution in [0.25, 0.3) is 0 Å². The van der Waals surface area contributed by atoms with Crippen molar-refractivity contribution in [2.24, 2.45) is 5.92 Å². The summed E-state index contributed by atoms with van der Waals surface area (Å²) in [5, 5.41) is 2.89. The molecule has 0 aromatic carbocycles. The highest BCUT2D eigenvalue weighted by Crippen LogP contribution is 2.30. The minimum absolute atomic E-state index is 0.00102. The van der Waals surface area contributed by atoms with Gasteiger partial charge in [-0.15, -0.1) is 0 Å². The van der Waals surface area contributed by atoms with Gasteiger partial charge in [0.15, 0.2) is 0 Å². The van der Waals surface area contributed by atoms with Gasteiger partial charge in [0.25, 0.3) is 5.91 Å². The minimum Gasteiger partial charge on any atom is -0.372 e. The molecule has 1 aliphatic rings. The third kappa shape index (κ3) is 3.18. The fraction of sp³-hybridized carbons (Fsp3) is 0.615. The number of anilines is 1. The summed E-state index contributed by atoms with van der Waals surface area (Å²) in [5.74, 6) is 1.37. The van der Waals surface area contributed by atoms with Crippen molar-refractivity contribution >= 4 is 11.7 Å². The summed E-state index contributed by atoms with van der Waals surface area (Å²) >= 11 is 0. The van der Waals surface area contributed by atoms with Gasteiger partial charge in [-0.2, -0.15) is 0 Å². The Hall–Kier alpha value is -1.65. The Kier molecular flexibility index (Phi) is 4.12. The Balaban J connectivity index is 2.05. The number of carbonyl (C=O) groups excluding carboxylic acids is 1. The van der Waals surface area contributed by atoms with E-state index in [0.29, 0.717) is 17.4 Å². The van der Waals surface area contributed by atoms with Crippen LogP contribution in [0.1, 0.15) is 36.7 Å². The topological polar surface area (TPSA) is 58.1 Å². The molecule has 18 heavy (non-hydrogen) atoms. The van der Waals surface area contributed by atoms with Crippen LogP contribution in [-0.4, -0.2) is 40.9 Å². The van der Waals surface area contributed by atoms with Crippen molar-refractivity contribution in [1.82, 2.24) is 14.9 Å². The van der Waals surface area contributed by atoms with E-state index in [0.717, 1.165) is 19.5 Å². The lowest BCUT2D eigenvalue weighted by molar-refractivity contribution is 0.0741. The SMILES string of the molecule is CCCN(CC1CC1)C(=O)c1cnc(NC)cn1. The average molecular weight is 248 g/mol. The van der Waals surface area contributed by atoms with E-state index in [2.05, 4.69) is 22.2 Å². The molecule has 5 heteroatoms. The van der Waals surface area contributed by atoms with Gasteiger partial charge in [0.2, 0.25) is 0 Å². The normalized spacial score (nSPS) is 14.3. The standard InChI is InChI=1S/C13H20N4O/c1-3-6-17(9-10-4-5-10)13(18)11-7-16-12(14-2)8-15-11/h7-8,10H,3-6,9H2,1-2H3,(H,14,16). The van der Waals surface area contributed by atoms with Crippen LogP contribution in [0.4, 0.5) is 5.82 Å². The highest BCUT2D eigenvalue weighted by molar-refractivity contribution is 5.92. The summed E-state index contributed by atoms with van der Waals surface area (Å²) in [6.45, 7) is 3.75. The van der Waals surface area contributed by atoms with Crippen molar-refractivity contribution in [3.05, 3.63) is 18.1 Å². The Morgan fingerprint density at radius 3 is 2.72 bits per heavy atom. The lowest BCUT2D eigenvalue weighted by Gasteiger charge is -2.21. The molecule has 1 saturated carbocycles. The average Bonchev–Trinajstić information content (AvgIpc) is 3.21. The van der Waals surface area contributed by atoms with Crippen LogP contribution in [0.5, 0.6) is 0 Å². The van der Waals surface area contributed by atoms with Crippen molar-refractivity contribution in [1.29, 1.82) is 0 Å². The Morgan fingerprint density at radius 2 is 2.22 bits per heavy atom. The van der Waals surface area contributed by atoms with Crippen LogP contribution in [0, 0.1) is 5.92 Å². The maximum atomic E-state index is 12.3. The van der Waals surface area contributed by atoms with Gasteiger partial charge in [-0.25, -0.2) is 9.97 Å². The van der Waals surface area contributed by atoms with Crippen LogP contribution in [0.2, 0.25) is 0 Å². The molecule has 0 bridgehead atoms. The fourth-order valence-electron chi connectivity index (χ4n) is 1.89.